The number of carbonyl (C=O) groups excluding carboxylic acids is 4. The first-order valence-corrected chi connectivity index (χ1v) is 11.6. The molecule has 4 rings (SSSR count). The minimum absolute atomic E-state index is 0.0894. The van der Waals surface area contributed by atoms with E-state index in [1.54, 1.807) is 48.3 Å². The summed E-state index contributed by atoms with van der Waals surface area (Å²) in [6.07, 6.45) is 2.40. The highest BCUT2D eigenvalue weighted by molar-refractivity contribution is 7.18. The van der Waals surface area contributed by atoms with Crippen LogP contribution in [0.5, 0.6) is 0 Å². The lowest BCUT2D eigenvalue weighted by Gasteiger charge is -2.27. The number of thiophene rings is 1. The van der Waals surface area contributed by atoms with E-state index in [1.165, 1.54) is 4.90 Å². The number of likely N-dealkylation sites (N-methyl/N-ethyl adjacent to an activating group) is 1. The lowest BCUT2D eigenvalue weighted by Crippen LogP contribution is -2.52. The van der Waals surface area contributed by atoms with E-state index in [2.05, 4.69) is 10.6 Å². The third kappa shape index (κ3) is 4.63. The second kappa shape index (κ2) is 9.30. The molecule has 3 heterocycles. The molecule has 168 valence electrons. The maximum absolute atomic E-state index is 12.8. The van der Waals surface area contributed by atoms with E-state index in [4.69, 9.17) is 11.6 Å². The van der Waals surface area contributed by atoms with Gasteiger partial charge in [-0.15, -0.1) is 11.3 Å². The molecular weight excluding hydrogens is 452 g/mol. The highest BCUT2D eigenvalue weighted by Gasteiger charge is 2.40. The first kappa shape index (κ1) is 22.3. The summed E-state index contributed by atoms with van der Waals surface area (Å²) in [5, 5.41) is 5.57. The third-order valence-corrected chi connectivity index (χ3v) is 6.91. The summed E-state index contributed by atoms with van der Waals surface area (Å²) in [7, 11) is 1.63. The van der Waals surface area contributed by atoms with Crippen LogP contribution in [0.25, 0.3) is 0 Å². The second-order valence-electron chi connectivity index (χ2n) is 7.90. The van der Waals surface area contributed by atoms with Gasteiger partial charge in [-0.05, 0) is 49.2 Å². The van der Waals surface area contributed by atoms with Gasteiger partial charge in [0.15, 0.2) is 0 Å². The van der Waals surface area contributed by atoms with Crippen LogP contribution >= 0.6 is 22.9 Å². The highest BCUT2D eigenvalue weighted by Crippen LogP contribution is 2.23. The van der Waals surface area contributed by atoms with Crippen LogP contribution in [0.1, 0.15) is 39.3 Å². The Morgan fingerprint density at radius 1 is 1.03 bits per heavy atom. The van der Waals surface area contributed by atoms with Crippen molar-refractivity contribution in [3.8, 4) is 0 Å². The van der Waals surface area contributed by atoms with Crippen LogP contribution in [0.4, 0.5) is 5.69 Å². The molecule has 0 spiro atoms. The van der Waals surface area contributed by atoms with Gasteiger partial charge in [0.25, 0.3) is 11.8 Å². The van der Waals surface area contributed by atoms with Crippen LogP contribution in [0.15, 0.2) is 36.4 Å². The summed E-state index contributed by atoms with van der Waals surface area (Å²) in [4.78, 5) is 53.6. The Labute approximate surface area is 194 Å². The summed E-state index contributed by atoms with van der Waals surface area (Å²) in [6.45, 7) is 0.957. The molecule has 32 heavy (non-hydrogen) atoms. The summed E-state index contributed by atoms with van der Waals surface area (Å²) in [6, 6.07) is 8.58. The Bertz CT molecular complexity index is 1050. The van der Waals surface area contributed by atoms with Gasteiger partial charge in [-0.1, -0.05) is 11.6 Å². The molecule has 10 heteroatoms. The maximum atomic E-state index is 12.8. The zero-order chi connectivity index (χ0) is 22.8. The number of hydrogen-bond donors (Lipinski definition) is 2. The molecule has 0 aliphatic carbocycles. The fraction of sp³-hybridized carbons (Fsp3) is 0.364. The lowest BCUT2D eigenvalue weighted by molar-refractivity contribution is -0.128. The van der Waals surface area contributed by atoms with Crippen LogP contribution in [0, 0.1) is 0 Å². The van der Waals surface area contributed by atoms with Crippen molar-refractivity contribution in [2.24, 2.45) is 0 Å². The van der Waals surface area contributed by atoms with E-state index in [9.17, 15) is 19.2 Å². The summed E-state index contributed by atoms with van der Waals surface area (Å²) in [5.41, 5.74) is 1.18. The van der Waals surface area contributed by atoms with Crippen molar-refractivity contribution in [3.63, 3.8) is 0 Å². The summed E-state index contributed by atoms with van der Waals surface area (Å²) < 4.78 is 0.476. The minimum Gasteiger partial charge on any atom is -0.345 e. The number of amides is 4. The zero-order valence-electron chi connectivity index (χ0n) is 17.5. The Balaban J connectivity index is 1.43. The molecule has 2 aliphatic rings. The smallest absolute Gasteiger partial charge is 0.262 e. The maximum Gasteiger partial charge on any atom is 0.262 e. The van der Waals surface area contributed by atoms with Crippen LogP contribution in [0.3, 0.4) is 0 Å². The number of carbonyl (C=O) groups is 4. The van der Waals surface area contributed by atoms with Gasteiger partial charge in [0.05, 0.1) is 15.3 Å². The Morgan fingerprint density at radius 2 is 1.78 bits per heavy atom. The van der Waals surface area contributed by atoms with E-state index < -0.39 is 18.0 Å². The van der Waals surface area contributed by atoms with Gasteiger partial charge in [0, 0.05) is 37.8 Å². The molecule has 2 atom stereocenters. The minimum atomic E-state index is -0.873. The fourth-order valence-corrected chi connectivity index (χ4v) is 4.91. The Kier molecular flexibility index (Phi) is 6.48. The SMILES string of the molecule is CN1C[C@H](NC(=O)c2ccc(N3CCCCC3=O)cc2)[C@H](NC(=O)c2ccc(Cl)s2)C1=O. The molecule has 0 radical (unpaired) electrons. The molecule has 4 amide bonds. The van der Waals surface area contributed by atoms with Gasteiger partial charge in [-0.25, -0.2) is 0 Å². The monoisotopic (exact) mass is 474 g/mol. The van der Waals surface area contributed by atoms with Crippen molar-refractivity contribution in [3.05, 3.63) is 51.2 Å². The van der Waals surface area contributed by atoms with Crippen molar-refractivity contribution in [2.45, 2.75) is 31.3 Å². The van der Waals surface area contributed by atoms with Crippen molar-refractivity contribution in [2.75, 3.05) is 25.0 Å². The molecule has 2 aliphatic heterocycles. The Morgan fingerprint density at radius 3 is 2.44 bits per heavy atom. The predicted molar refractivity (Wildman–Crippen MR) is 122 cm³/mol. The molecule has 2 fully saturated rings. The van der Waals surface area contributed by atoms with Crippen LogP contribution in [-0.4, -0.2) is 60.7 Å². The van der Waals surface area contributed by atoms with E-state index in [0.29, 0.717) is 27.7 Å². The van der Waals surface area contributed by atoms with Crippen molar-refractivity contribution in [1.29, 1.82) is 0 Å². The number of nitrogens with one attached hydrogen (secondary N) is 2. The predicted octanol–water partition coefficient (Wildman–Crippen LogP) is 2.29. The van der Waals surface area contributed by atoms with Crippen LogP contribution < -0.4 is 15.5 Å². The normalized spacial score (nSPS) is 21.1. The van der Waals surface area contributed by atoms with Crippen molar-refractivity contribution >= 4 is 52.3 Å². The standard InChI is InChI=1S/C22H23ClN4O4S/c1-26-12-15(19(22(26)31)25-21(30)16-9-10-17(23)32-16)24-20(29)13-5-7-14(8-6-13)27-11-3-2-4-18(27)28/h5-10,15,19H,2-4,11-12H2,1H3,(H,24,29)(H,25,30)/t15-,19-/m0/s1. The first-order valence-electron chi connectivity index (χ1n) is 10.4. The van der Waals surface area contributed by atoms with Gasteiger partial charge >= 0.3 is 0 Å². The topological polar surface area (TPSA) is 98.8 Å². The van der Waals surface area contributed by atoms with E-state index in [1.807, 2.05) is 0 Å². The van der Waals surface area contributed by atoms with Gasteiger partial charge in [-0.2, -0.15) is 0 Å². The average molecular weight is 475 g/mol. The third-order valence-electron chi connectivity index (χ3n) is 5.68. The number of nitrogens with zero attached hydrogens (tertiary/aromatic N) is 2. The molecule has 0 bridgehead atoms. The summed E-state index contributed by atoms with van der Waals surface area (Å²) in [5.74, 6) is -0.949. The lowest BCUT2D eigenvalue weighted by atomic mass is 10.1. The summed E-state index contributed by atoms with van der Waals surface area (Å²) >= 11 is 7.01. The van der Waals surface area contributed by atoms with Crippen molar-refractivity contribution < 1.29 is 19.2 Å². The fourth-order valence-electron chi connectivity index (χ4n) is 3.96. The largest absolute Gasteiger partial charge is 0.345 e. The molecule has 1 aromatic heterocycles. The highest BCUT2D eigenvalue weighted by atomic mass is 35.5. The number of likely N-dealkylation sites (tertiary alicyclic amines) is 1. The quantitative estimate of drug-likeness (QED) is 0.694. The molecule has 0 unspecified atom stereocenters. The molecule has 2 saturated heterocycles. The molecule has 2 N–H and O–H groups in total. The number of halogens is 1. The first-order chi connectivity index (χ1) is 15.3. The zero-order valence-corrected chi connectivity index (χ0v) is 19.0. The van der Waals surface area contributed by atoms with Gasteiger partial charge in [0.2, 0.25) is 11.8 Å². The number of anilines is 1. The second-order valence-corrected chi connectivity index (χ2v) is 9.62. The van der Waals surface area contributed by atoms with E-state index >= 15 is 0 Å². The molecule has 8 nitrogen and oxygen atoms in total. The molecular formula is C22H23ClN4O4S. The number of rotatable bonds is 5. The van der Waals surface area contributed by atoms with Gasteiger partial charge in [0.1, 0.15) is 6.04 Å². The van der Waals surface area contributed by atoms with Crippen LogP contribution in [0.2, 0.25) is 4.34 Å². The molecule has 2 aromatic rings. The van der Waals surface area contributed by atoms with Gasteiger partial charge in [-0.3, -0.25) is 19.2 Å². The molecule has 0 saturated carbocycles. The van der Waals surface area contributed by atoms with E-state index in [-0.39, 0.29) is 24.3 Å². The number of piperidine rings is 1. The number of hydrogen-bond acceptors (Lipinski definition) is 5. The number of benzene rings is 1. The Hall–Kier alpha value is -2.91. The average Bonchev–Trinajstić information content (AvgIpc) is 3.33. The molecule has 1 aromatic carbocycles. The van der Waals surface area contributed by atoms with E-state index in [0.717, 1.165) is 29.9 Å². The van der Waals surface area contributed by atoms with Gasteiger partial charge < -0.3 is 20.4 Å². The van der Waals surface area contributed by atoms with Crippen molar-refractivity contribution in [1.82, 2.24) is 15.5 Å². The van der Waals surface area contributed by atoms with Crippen LogP contribution in [-0.2, 0) is 9.59 Å².